The Labute approximate surface area is 97.6 Å². The molecule has 0 spiro atoms. The summed E-state index contributed by atoms with van der Waals surface area (Å²) in [6.45, 7) is 2.08. The maximum atomic E-state index is 11.5. The van der Waals surface area contributed by atoms with Crippen LogP contribution in [0, 0.1) is 5.92 Å². The van der Waals surface area contributed by atoms with Crippen LogP contribution >= 0.6 is 0 Å². The number of carboxylic acids is 1. The molecule has 2 unspecified atom stereocenters. The van der Waals surface area contributed by atoms with Gasteiger partial charge in [-0.1, -0.05) is 32.6 Å². The SMILES string of the molecule is CC1CCCC1(NC1CCCCC1)C(=O)O. The van der Waals surface area contributed by atoms with Gasteiger partial charge in [0.1, 0.15) is 5.54 Å². The lowest BCUT2D eigenvalue weighted by molar-refractivity contribution is -0.147. The minimum absolute atomic E-state index is 0.270. The Morgan fingerprint density at radius 2 is 1.88 bits per heavy atom. The Morgan fingerprint density at radius 3 is 2.38 bits per heavy atom. The van der Waals surface area contributed by atoms with Gasteiger partial charge in [0.05, 0.1) is 0 Å². The highest BCUT2D eigenvalue weighted by molar-refractivity contribution is 5.79. The Hall–Kier alpha value is -0.570. The van der Waals surface area contributed by atoms with E-state index in [1.165, 1.54) is 19.3 Å². The summed E-state index contributed by atoms with van der Waals surface area (Å²) in [7, 11) is 0. The molecule has 0 aromatic heterocycles. The molecule has 2 atom stereocenters. The lowest BCUT2D eigenvalue weighted by Gasteiger charge is -2.36. The molecule has 16 heavy (non-hydrogen) atoms. The molecule has 3 nitrogen and oxygen atoms in total. The molecule has 0 aliphatic heterocycles. The molecular weight excluding hydrogens is 202 g/mol. The van der Waals surface area contributed by atoms with Crippen molar-refractivity contribution < 1.29 is 9.90 Å². The van der Waals surface area contributed by atoms with Gasteiger partial charge < -0.3 is 5.11 Å². The fourth-order valence-electron chi connectivity index (χ4n) is 3.38. The maximum absolute atomic E-state index is 11.5. The highest BCUT2D eigenvalue weighted by Crippen LogP contribution is 2.37. The number of rotatable bonds is 3. The summed E-state index contributed by atoms with van der Waals surface area (Å²) in [5.74, 6) is -0.366. The molecule has 2 rings (SSSR count). The average Bonchev–Trinajstić information content (AvgIpc) is 2.63. The molecule has 2 saturated carbocycles. The van der Waals surface area contributed by atoms with E-state index in [0.29, 0.717) is 6.04 Å². The van der Waals surface area contributed by atoms with Crippen LogP contribution in [-0.2, 0) is 4.79 Å². The molecule has 2 fully saturated rings. The van der Waals surface area contributed by atoms with Crippen LogP contribution in [0.15, 0.2) is 0 Å². The second-order valence-electron chi connectivity index (χ2n) is 5.55. The minimum Gasteiger partial charge on any atom is -0.480 e. The molecule has 2 N–H and O–H groups in total. The zero-order valence-electron chi connectivity index (χ0n) is 10.2. The molecule has 0 aromatic rings. The number of carbonyl (C=O) groups is 1. The summed E-state index contributed by atoms with van der Waals surface area (Å²) in [5, 5.41) is 13.0. The first kappa shape index (κ1) is 11.9. The third-order valence-electron chi connectivity index (χ3n) is 4.50. The average molecular weight is 225 g/mol. The zero-order chi connectivity index (χ0) is 11.6. The van der Waals surface area contributed by atoms with Crippen molar-refractivity contribution >= 4 is 5.97 Å². The fraction of sp³-hybridized carbons (Fsp3) is 0.923. The second-order valence-corrected chi connectivity index (χ2v) is 5.55. The largest absolute Gasteiger partial charge is 0.480 e. The van der Waals surface area contributed by atoms with E-state index in [2.05, 4.69) is 12.2 Å². The van der Waals surface area contributed by atoms with Crippen molar-refractivity contribution in [2.75, 3.05) is 0 Å². The van der Waals surface area contributed by atoms with Gasteiger partial charge in [-0.3, -0.25) is 10.1 Å². The number of carboxylic acid groups (broad SMARTS) is 1. The van der Waals surface area contributed by atoms with Gasteiger partial charge in [-0.25, -0.2) is 0 Å². The van der Waals surface area contributed by atoms with E-state index in [9.17, 15) is 9.90 Å². The predicted molar refractivity (Wildman–Crippen MR) is 63.4 cm³/mol. The van der Waals surface area contributed by atoms with Crippen LogP contribution < -0.4 is 5.32 Å². The first-order valence-corrected chi connectivity index (χ1v) is 6.66. The first-order valence-electron chi connectivity index (χ1n) is 6.66. The first-order chi connectivity index (χ1) is 7.65. The molecule has 3 heteroatoms. The lowest BCUT2D eigenvalue weighted by atomic mass is 9.85. The topological polar surface area (TPSA) is 49.3 Å². The Balaban J connectivity index is 2.05. The molecule has 0 amide bonds. The number of nitrogens with one attached hydrogen (secondary N) is 1. The van der Waals surface area contributed by atoms with Crippen LogP contribution in [0.1, 0.15) is 58.3 Å². The summed E-state index contributed by atoms with van der Waals surface area (Å²) in [5.41, 5.74) is -0.623. The van der Waals surface area contributed by atoms with Crippen molar-refractivity contribution in [1.82, 2.24) is 5.32 Å². The van der Waals surface area contributed by atoms with E-state index in [0.717, 1.165) is 32.1 Å². The van der Waals surface area contributed by atoms with Crippen molar-refractivity contribution in [3.63, 3.8) is 0 Å². The third kappa shape index (κ3) is 2.10. The van der Waals surface area contributed by atoms with E-state index in [4.69, 9.17) is 0 Å². The number of hydrogen-bond acceptors (Lipinski definition) is 2. The molecule has 0 aromatic carbocycles. The number of aliphatic carboxylic acids is 1. The van der Waals surface area contributed by atoms with Gasteiger partial charge >= 0.3 is 5.97 Å². The van der Waals surface area contributed by atoms with Crippen LogP contribution in [0.4, 0.5) is 0 Å². The molecule has 0 saturated heterocycles. The summed E-state index contributed by atoms with van der Waals surface area (Å²) in [6.07, 6.45) is 9.03. The molecule has 92 valence electrons. The lowest BCUT2D eigenvalue weighted by Crippen LogP contribution is -2.58. The summed E-state index contributed by atoms with van der Waals surface area (Å²) in [4.78, 5) is 11.5. The van der Waals surface area contributed by atoms with Crippen molar-refractivity contribution in [2.45, 2.75) is 69.9 Å². The van der Waals surface area contributed by atoms with Crippen molar-refractivity contribution in [3.8, 4) is 0 Å². The van der Waals surface area contributed by atoms with Crippen molar-refractivity contribution in [1.29, 1.82) is 0 Å². The second kappa shape index (κ2) is 4.74. The standard InChI is InChI=1S/C13H23NO2/c1-10-6-5-9-13(10,12(15)16)14-11-7-3-2-4-8-11/h10-11,14H,2-9H2,1H3,(H,15,16). The van der Waals surface area contributed by atoms with Crippen molar-refractivity contribution in [2.24, 2.45) is 5.92 Å². The Kier molecular flexibility index (Phi) is 3.53. The highest BCUT2D eigenvalue weighted by Gasteiger charge is 2.47. The maximum Gasteiger partial charge on any atom is 0.324 e. The van der Waals surface area contributed by atoms with Crippen LogP contribution in [0.2, 0.25) is 0 Å². The zero-order valence-corrected chi connectivity index (χ0v) is 10.2. The van der Waals surface area contributed by atoms with E-state index in [-0.39, 0.29) is 5.92 Å². The van der Waals surface area contributed by atoms with Gasteiger partial charge in [0.25, 0.3) is 0 Å². The number of hydrogen-bond donors (Lipinski definition) is 2. The van der Waals surface area contributed by atoms with E-state index in [1.807, 2.05) is 0 Å². The summed E-state index contributed by atoms with van der Waals surface area (Å²) < 4.78 is 0. The van der Waals surface area contributed by atoms with Gasteiger partial charge in [0.15, 0.2) is 0 Å². The van der Waals surface area contributed by atoms with Crippen LogP contribution in [0.3, 0.4) is 0 Å². The minimum atomic E-state index is -0.636. The normalized spacial score (nSPS) is 36.4. The predicted octanol–water partition coefficient (Wildman–Crippen LogP) is 2.55. The van der Waals surface area contributed by atoms with Gasteiger partial charge in [0.2, 0.25) is 0 Å². The van der Waals surface area contributed by atoms with Crippen LogP contribution in [-0.4, -0.2) is 22.7 Å². The van der Waals surface area contributed by atoms with E-state index < -0.39 is 11.5 Å². The summed E-state index contributed by atoms with van der Waals surface area (Å²) in [6, 6.07) is 0.436. The highest BCUT2D eigenvalue weighted by atomic mass is 16.4. The van der Waals surface area contributed by atoms with Gasteiger partial charge in [-0.05, 0) is 31.6 Å². The van der Waals surface area contributed by atoms with Crippen LogP contribution in [0.5, 0.6) is 0 Å². The van der Waals surface area contributed by atoms with Gasteiger partial charge in [0, 0.05) is 6.04 Å². The molecule has 0 radical (unpaired) electrons. The van der Waals surface area contributed by atoms with E-state index in [1.54, 1.807) is 0 Å². The monoisotopic (exact) mass is 225 g/mol. The summed E-state index contributed by atoms with van der Waals surface area (Å²) >= 11 is 0. The Bertz CT molecular complexity index is 261. The smallest absolute Gasteiger partial charge is 0.324 e. The van der Waals surface area contributed by atoms with Gasteiger partial charge in [-0.2, -0.15) is 0 Å². The Morgan fingerprint density at radius 1 is 1.19 bits per heavy atom. The molecule has 0 heterocycles. The molecular formula is C13H23NO2. The van der Waals surface area contributed by atoms with Crippen molar-refractivity contribution in [3.05, 3.63) is 0 Å². The van der Waals surface area contributed by atoms with Crippen LogP contribution in [0.25, 0.3) is 0 Å². The van der Waals surface area contributed by atoms with Gasteiger partial charge in [-0.15, -0.1) is 0 Å². The molecule has 0 bridgehead atoms. The quantitative estimate of drug-likeness (QED) is 0.776. The third-order valence-corrected chi connectivity index (χ3v) is 4.50. The molecule has 2 aliphatic carbocycles. The fourth-order valence-corrected chi connectivity index (χ4v) is 3.38. The van der Waals surface area contributed by atoms with E-state index >= 15 is 0 Å². The molecule has 2 aliphatic rings.